The second kappa shape index (κ2) is 11.1. The van der Waals surface area contributed by atoms with Gasteiger partial charge in [-0.25, -0.2) is 20.0 Å². The molecule has 5 rings (SSSR count). The Balaban J connectivity index is 1.51. The van der Waals surface area contributed by atoms with Gasteiger partial charge in [-0.3, -0.25) is 9.48 Å². The van der Waals surface area contributed by atoms with Gasteiger partial charge in [0.2, 0.25) is 0 Å². The van der Waals surface area contributed by atoms with Crippen LogP contribution in [0.4, 0.5) is 24.7 Å². The summed E-state index contributed by atoms with van der Waals surface area (Å²) in [5.74, 6) is 1.56. The fourth-order valence-corrected chi connectivity index (χ4v) is 5.51. The molecule has 1 amide bonds. The van der Waals surface area contributed by atoms with Gasteiger partial charge in [-0.15, -0.1) is 0 Å². The number of anilines is 2. The molecule has 0 radical (unpaired) electrons. The topological polar surface area (TPSA) is 104 Å². The standard InChI is InChI=1S/C29H34F3N7O2S/c1-18-12-21(7-8-23(18)29(30,31)32)38-15-19(2)39-26(28(38)40)22(14-35-39)24-16-37(17-41-10-11-42(3,4)5)27(36-24)20-6-9-25(33)34-13-20/h6-9,12-14,16,19H,10-11,15,17H2,1-5H3,(H2,33,34). The van der Waals surface area contributed by atoms with Gasteiger partial charge in [0.25, 0.3) is 5.91 Å². The van der Waals surface area contributed by atoms with Crippen LogP contribution in [0.3, 0.4) is 0 Å². The second-order valence-electron chi connectivity index (χ2n) is 11.3. The Morgan fingerprint density at radius 2 is 1.90 bits per heavy atom. The van der Waals surface area contributed by atoms with E-state index in [1.807, 2.05) is 23.8 Å². The number of nitrogens with two attached hydrogens (primary N) is 1. The third-order valence-electron chi connectivity index (χ3n) is 7.10. The summed E-state index contributed by atoms with van der Waals surface area (Å²) in [4.78, 5) is 24.4. The maximum atomic E-state index is 13.9. The van der Waals surface area contributed by atoms with Crippen molar-refractivity contribution in [3.05, 3.63) is 65.7 Å². The summed E-state index contributed by atoms with van der Waals surface area (Å²) in [5, 5.41) is 4.50. The van der Waals surface area contributed by atoms with Crippen LogP contribution in [0.15, 0.2) is 48.9 Å². The SMILES string of the molecule is Cc1cc(N2CC(C)n3ncc(-c4cn(COCCS(C)(C)C)c(-c5ccc(N)nc5)n4)c3C2=O)ccc1C(F)(F)F. The van der Waals surface area contributed by atoms with E-state index in [-0.39, 0.29) is 30.8 Å². The minimum absolute atomic E-state index is 0.0494. The molecule has 0 bridgehead atoms. The number of nitrogens with zero attached hydrogens (tertiary/aromatic N) is 6. The van der Waals surface area contributed by atoms with Crippen molar-refractivity contribution in [2.45, 2.75) is 32.8 Å². The van der Waals surface area contributed by atoms with E-state index >= 15 is 0 Å². The van der Waals surface area contributed by atoms with Crippen molar-refractivity contribution in [1.82, 2.24) is 24.3 Å². The molecule has 42 heavy (non-hydrogen) atoms. The molecule has 1 unspecified atom stereocenters. The van der Waals surface area contributed by atoms with Crippen LogP contribution in [0.25, 0.3) is 22.6 Å². The van der Waals surface area contributed by atoms with Crippen LogP contribution in [0.5, 0.6) is 0 Å². The summed E-state index contributed by atoms with van der Waals surface area (Å²) in [6.07, 6.45) is 7.27. The van der Waals surface area contributed by atoms with Gasteiger partial charge in [0.05, 0.1) is 35.7 Å². The van der Waals surface area contributed by atoms with E-state index in [4.69, 9.17) is 15.5 Å². The van der Waals surface area contributed by atoms with Crippen molar-refractivity contribution in [3.8, 4) is 22.6 Å². The molecular formula is C29H34F3N7O2S. The number of hydrogen-bond acceptors (Lipinski definition) is 6. The molecule has 1 aliphatic heterocycles. The third kappa shape index (κ3) is 6.02. The molecule has 1 atom stereocenters. The predicted octanol–water partition coefficient (Wildman–Crippen LogP) is 5.61. The zero-order valence-electron chi connectivity index (χ0n) is 24.1. The lowest BCUT2D eigenvalue weighted by Crippen LogP contribution is -2.42. The van der Waals surface area contributed by atoms with Crippen LogP contribution in [0, 0.1) is 6.92 Å². The highest BCUT2D eigenvalue weighted by atomic mass is 32.3. The van der Waals surface area contributed by atoms with Crippen molar-refractivity contribution in [2.75, 3.05) is 48.3 Å². The minimum atomic E-state index is -4.47. The fraction of sp³-hybridized carbons (Fsp3) is 0.379. The first-order chi connectivity index (χ1) is 19.7. The monoisotopic (exact) mass is 601 g/mol. The lowest BCUT2D eigenvalue weighted by Gasteiger charge is -2.32. The summed E-state index contributed by atoms with van der Waals surface area (Å²) in [6.45, 7) is 4.40. The van der Waals surface area contributed by atoms with E-state index in [2.05, 4.69) is 28.8 Å². The zero-order valence-corrected chi connectivity index (χ0v) is 25.0. The number of carbonyl (C=O) groups excluding carboxylic acids is 1. The summed E-state index contributed by atoms with van der Waals surface area (Å²) < 4.78 is 49.6. The number of ether oxygens (including phenoxy) is 1. The quantitative estimate of drug-likeness (QED) is 0.264. The molecule has 4 heterocycles. The van der Waals surface area contributed by atoms with E-state index in [0.29, 0.717) is 40.9 Å². The number of aromatic nitrogens is 5. The number of rotatable bonds is 8. The Morgan fingerprint density at radius 3 is 2.55 bits per heavy atom. The molecule has 0 fully saturated rings. The van der Waals surface area contributed by atoms with Crippen LogP contribution in [0.1, 0.15) is 34.6 Å². The van der Waals surface area contributed by atoms with E-state index in [1.165, 1.54) is 24.0 Å². The minimum Gasteiger partial charge on any atom is -0.384 e. The number of benzene rings is 1. The summed E-state index contributed by atoms with van der Waals surface area (Å²) >= 11 is 0. The maximum Gasteiger partial charge on any atom is 0.416 e. The second-order valence-corrected chi connectivity index (χ2v) is 15.9. The van der Waals surface area contributed by atoms with Gasteiger partial charge in [-0.2, -0.15) is 18.3 Å². The molecule has 0 spiro atoms. The largest absolute Gasteiger partial charge is 0.416 e. The number of halogens is 3. The van der Waals surface area contributed by atoms with Crippen LogP contribution < -0.4 is 10.6 Å². The van der Waals surface area contributed by atoms with Crippen LogP contribution >= 0.6 is 10.0 Å². The van der Waals surface area contributed by atoms with Gasteiger partial charge in [0.15, 0.2) is 0 Å². The van der Waals surface area contributed by atoms with E-state index in [9.17, 15) is 18.0 Å². The number of amides is 1. The average molecular weight is 602 g/mol. The highest BCUT2D eigenvalue weighted by molar-refractivity contribution is 8.32. The van der Waals surface area contributed by atoms with Crippen LogP contribution in [-0.2, 0) is 17.6 Å². The lowest BCUT2D eigenvalue weighted by atomic mass is 10.0. The highest BCUT2D eigenvalue weighted by Gasteiger charge is 2.36. The number of imidazole rings is 1. The Bertz CT molecular complexity index is 1610. The molecule has 0 aliphatic carbocycles. The van der Waals surface area contributed by atoms with Gasteiger partial charge in [0, 0.05) is 35.9 Å². The summed E-state index contributed by atoms with van der Waals surface area (Å²) in [7, 11) is -0.721. The third-order valence-corrected chi connectivity index (χ3v) is 8.49. The summed E-state index contributed by atoms with van der Waals surface area (Å²) in [5.41, 5.74) is 7.58. The summed E-state index contributed by atoms with van der Waals surface area (Å²) in [6, 6.07) is 7.04. The normalized spacial score (nSPS) is 16.1. The molecule has 2 N–H and O–H groups in total. The van der Waals surface area contributed by atoms with Gasteiger partial charge >= 0.3 is 6.18 Å². The molecule has 1 aromatic carbocycles. The maximum absolute atomic E-state index is 13.9. The molecular weight excluding hydrogens is 567 g/mol. The van der Waals surface area contributed by atoms with Crippen molar-refractivity contribution < 1.29 is 22.7 Å². The van der Waals surface area contributed by atoms with Crippen molar-refractivity contribution in [2.24, 2.45) is 0 Å². The van der Waals surface area contributed by atoms with Gasteiger partial charge < -0.3 is 19.9 Å². The Kier molecular flexibility index (Phi) is 7.84. The lowest BCUT2D eigenvalue weighted by molar-refractivity contribution is -0.138. The number of hydrogen-bond donors (Lipinski definition) is 1. The average Bonchev–Trinajstić information content (AvgIpc) is 3.53. The molecule has 1 aliphatic rings. The van der Waals surface area contributed by atoms with Crippen LogP contribution in [-0.4, -0.2) is 67.9 Å². The number of carbonyl (C=O) groups is 1. The van der Waals surface area contributed by atoms with Crippen molar-refractivity contribution >= 4 is 27.4 Å². The smallest absolute Gasteiger partial charge is 0.384 e. The molecule has 13 heteroatoms. The molecule has 0 saturated heterocycles. The van der Waals surface area contributed by atoms with Gasteiger partial charge in [-0.05, 0) is 68.5 Å². The van der Waals surface area contributed by atoms with E-state index in [1.54, 1.807) is 23.1 Å². The van der Waals surface area contributed by atoms with Crippen molar-refractivity contribution in [3.63, 3.8) is 0 Å². The number of nitrogen functional groups attached to an aromatic ring is 1. The van der Waals surface area contributed by atoms with Crippen LogP contribution in [0.2, 0.25) is 0 Å². The number of pyridine rings is 1. The molecule has 9 nitrogen and oxygen atoms in total. The van der Waals surface area contributed by atoms with Gasteiger partial charge in [-0.1, -0.05) is 0 Å². The van der Waals surface area contributed by atoms with Gasteiger partial charge in [0.1, 0.15) is 24.1 Å². The fourth-order valence-electron chi connectivity index (χ4n) is 4.89. The first-order valence-corrected chi connectivity index (χ1v) is 16.4. The molecule has 4 aromatic rings. The number of fused-ring (bicyclic) bond motifs is 1. The Labute approximate surface area is 243 Å². The molecule has 0 saturated carbocycles. The highest BCUT2D eigenvalue weighted by Crippen LogP contribution is 2.37. The number of alkyl halides is 3. The first kappa shape index (κ1) is 29.6. The van der Waals surface area contributed by atoms with E-state index in [0.717, 1.165) is 17.4 Å². The number of aryl methyl sites for hydroxylation is 1. The first-order valence-electron chi connectivity index (χ1n) is 13.3. The van der Waals surface area contributed by atoms with Crippen molar-refractivity contribution in [1.29, 1.82) is 0 Å². The zero-order chi connectivity index (χ0) is 30.4. The molecule has 224 valence electrons. The van der Waals surface area contributed by atoms with E-state index < -0.39 is 21.8 Å². The Morgan fingerprint density at radius 1 is 1.14 bits per heavy atom. The Hall–Kier alpha value is -3.84. The predicted molar refractivity (Wildman–Crippen MR) is 160 cm³/mol. The molecule has 3 aromatic heterocycles.